The van der Waals surface area contributed by atoms with Crippen LogP contribution in [-0.4, -0.2) is 104 Å². The van der Waals surface area contributed by atoms with Crippen molar-refractivity contribution >= 4 is 23.3 Å². The lowest BCUT2D eigenvalue weighted by Gasteiger charge is -2.28. The minimum absolute atomic E-state index is 0.0493. The Morgan fingerprint density at radius 2 is 2.00 bits per heavy atom. The summed E-state index contributed by atoms with van der Waals surface area (Å²) in [6.45, 7) is 7.13. The second-order valence-electron chi connectivity index (χ2n) is 11.2. The lowest BCUT2D eigenvalue weighted by atomic mass is 10.0. The maximum absolute atomic E-state index is 15.0. The van der Waals surface area contributed by atoms with Crippen LogP contribution in [0.15, 0.2) is 52.7 Å². The molecule has 0 spiro atoms. The van der Waals surface area contributed by atoms with Crippen molar-refractivity contribution in [3.63, 3.8) is 0 Å². The third-order valence-electron chi connectivity index (χ3n) is 8.08. The van der Waals surface area contributed by atoms with Crippen molar-refractivity contribution in [3.8, 4) is 11.8 Å². The molecule has 0 aliphatic carbocycles. The molecule has 3 aliphatic rings. The normalized spacial score (nSPS) is 18.4. The molecule has 12 heteroatoms. The highest BCUT2D eigenvalue weighted by Crippen LogP contribution is 2.34. The van der Waals surface area contributed by atoms with Crippen molar-refractivity contribution in [2.45, 2.75) is 25.8 Å². The third-order valence-corrected chi connectivity index (χ3v) is 8.08. The summed E-state index contributed by atoms with van der Waals surface area (Å²) in [4.78, 5) is 31.0. The first-order valence-electron chi connectivity index (χ1n) is 14.9. The Balaban J connectivity index is 1.26. The van der Waals surface area contributed by atoms with Crippen LogP contribution < -0.4 is 10.1 Å². The van der Waals surface area contributed by atoms with Crippen molar-refractivity contribution in [1.82, 2.24) is 19.6 Å². The molecular weight excluding hydrogens is 566 g/mol. The zero-order chi connectivity index (χ0) is 31.2. The monoisotopic (exact) mass is 604 g/mol. The lowest BCUT2D eigenvalue weighted by molar-refractivity contribution is 0.0760. The van der Waals surface area contributed by atoms with Crippen molar-refractivity contribution in [2.75, 3.05) is 71.8 Å². The van der Waals surface area contributed by atoms with E-state index < -0.39 is 17.7 Å². The molecule has 1 N–H and O–H groups in total. The predicted molar refractivity (Wildman–Crippen MR) is 166 cm³/mol. The fraction of sp³-hybridized carbons (Fsp3) is 0.438. The summed E-state index contributed by atoms with van der Waals surface area (Å²) in [6, 6.07) is 9.63. The molecular formula is C32H38F2N8O2. The van der Waals surface area contributed by atoms with Crippen LogP contribution in [0.2, 0.25) is 0 Å². The van der Waals surface area contributed by atoms with Crippen LogP contribution in [0.3, 0.4) is 0 Å². The van der Waals surface area contributed by atoms with E-state index in [1.807, 2.05) is 30.0 Å². The molecule has 232 valence electrons. The zero-order valence-corrected chi connectivity index (χ0v) is 25.4. The molecule has 0 saturated carbocycles. The molecule has 1 atom stereocenters. The van der Waals surface area contributed by atoms with Crippen molar-refractivity contribution in [3.05, 3.63) is 71.1 Å². The van der Waals surface area contributed by atoms with E-state index in [0.717, 1.165) is 50.4 Å². The Morgan fingerprint density at radius 3 is 2.77 bits per heavy atom. The van der Waals surface area contributed by atoms with Gasteiger partial charge in [-0.2, -0.15) is 9.65 Å². The molecule has 3 aliphatic heterocycles. The van der Waals surface area contributed by atoms with Crippen molar-refractivity contribution < 1.29 is 18.3 Å². The number of fused-ring (bicyclic) bond motifs is 1. The van der Waals surface area contributed by atoms with Crippen LogP contribution in [0.25, 0.3) is 0 Å². The van der Waals surface area contributed by atoms with Gasteiger partial charge < -0.3 is 29.7 Å². The number of carbonyl (C=O) groups excluding carboxylic acids is 1. The van der Waals surface area contributed by atoms with Gasteiger partial charge in [0.25, 0.3) is 5.91 Å². The van der Waals surface area contributed by atoms with E-state index in [9.17, 15) is 9.18 Å². The Kier molecular flexibility index (Phi) is 9.87. The molecule has 44 heavy (non-hydrogen) atoms. The molecule has 0 aromatic heterocycles. The number of hydrogen-bond acceptors (Lipinski definition) is 9. The van der Waals surface area contributed by atoms with Gasteiger partial charge in [0.2, 0.25) is 5.82 Å². The van der Waals surface area contributed by atoms with E-state index in [0.29, 0.717) is 30.2 Å². The quantitative estimate of drug-likeness (QED) is 0.464. The number of anilines is 1. The summed E-state index contributed by atoms with van der Waals surface area (Å²) < 4.78 is 34.7. The van der Waals surface area contributed by atoms with Gasteiger partial charge in [0, 0.05) is 61.9 Å². The first-order chi connectivity index (χ1) is 21.3. The summed E-state index contributed by atoms with van der Waals surface area (Å²) in [6.07, 6.45) is 4.89. The van der Waals surface area contributed by atoms with E-state index in [1.165, 1.54) is 12.1 Å². The highest BCUT2D eigenvalue weighted by atomic mass is 19.2. The van der Waals surface area contributed by atoms with Crippen LogP contribution in [0, 0.1) is 23.0 Å². The fourth-order valence-electron chi connectivity index (χ4n) is 5.68. The molecule has 1 unspecified atom stereocenters. The molecule has 1 saturated heterocycles. The standard InChI is InChI=1S/C32H38F2N8O2/c1-4-22-20-23(6-7-24(22)32(43)41-13-5-12-40(17-18-41)16-15-39(2)3)38-30-31-37-21-26(42(31)14-11-36-30)25-8-9-27(44-19-10-35)29(34)28(25)33/h6-9,11,14,20,26H,4-5,12-13,15-19,21H2,1-3H3,(H,36,38). The van der Waals surface area contributed by atoms with Crippen LogP contribution >= 0.6 is 0 Å². The zero-order valence-electron chi connectivity index (χ0n) is 25.4. The van der Waals surface area contributed by atoms with E-state index in [2.05, 4.69) is 39.2 Å². The second-order valence-corrected chi connectivity index (χ2v) is 11.2. The van der Waals surface area contributed by atoms with Gasteiger partial charge in [0.1, 0.15) is 6.07 Å². The smallest absolute Gasteiger partial charge is 0.254 e. The highest BCUT2D eigenvalue weighted by molar-refractivity contribution is 6.45. The number of nitrogens with one attached hydrogen (secondary N) is 1. The van der Waals surface area contributed by atoms with E-state index in [1.54, 1.807) is 23.4 Å². The third kappa shape index (κ3) is 6.74. The van der Waals surface area contributed by atoms with Crippen molar-refractivity contribution in [1.29, 1.82) is 5.26 Å². The highest BCUT2D eigenvalue weighted by Gasteiger charge is 2.35. The minimum atomic E-state index is -1.14. The topological polar surface area (TPSA) is 99.8 Å². The predicted octanol–water partition coefficient (Wildman–Crippen LogP) is 3.89. The molecule has 10 nitrogen and oxygen atoms in total. The van der Waals surface area contributed by atoms with Gasteiger partial charge in [-0.1, -0.05) is 13.0 Å². The number of rotatable bonds is 9. The van der Waals surface area contributed by atoms with Gasteiger partial charge in [-0.15, -0.1) is 0 Å². The number of halogens is 2. The Bertz CT molecular complexity index is 1520. The largest absolute Gasteiger partial charge is 0.476 e. The molecule has 0 bridgehead atoms. The number of nitriles is 1. The molecule has 3 heterocycles. The number of amidine groups is 2. The Labute approximate surface area is 256 Å². The average molecular weight is 605 g/mol. The SMILES string of the molecule is CCc1cc(NC2=NC=CN3C2=NCC3c2ccc(OCC#N)c(F)c2F)ccc1C(=O)N1CCCN(CCN(C)C)CC1. The van der Waals surface area contributed by atoms with Gasteiger partial charge in [0.05, 0.1) is 12.6 Å². The number of amides is 1. The lowest BCUT2D eigenvalue weighted by Crippen LogP contribution is -2.38. The van der Waals surface area contributed by atoms with E-state index in [4.69, 9.17) is 10.00 Å². The average Bonchev–Trinajstić information content (AvgIpc) is 3.31. The van der Waals surface area contributed by atoms with E-state index in [-0.39, 0.29) is 30.4 Å². The Morgan fingerprint density at radius 1 is 1.16 bits per heavy atom. The number of benzene rings is 2. The summed E-state index contributed by atoms with van der Waals surface area (Å²) in [5, 5.41) is 12.0. The van der Waals surface area contributed by atoms with Crippen LogP contribution in [0.4, 0.5) is 14.5 Å². The number of nitrogens with zero attached hydrogens (tertiary/aromatic N) is 7. The maximum atomic E-state index is 15.0. The second kappa shape index (κ2) is 14.0. The van der Waals surface area contributed by atoms with Crippen LogP contribution in [-0.2, 0) is 6.42 Å². The van der Waals surface area contributed by atoms with Gasteiger partial charge in [-0.3, -0.25) is 9.79 Å². The number of likely N-dealkylation sites (N-methyl/N-ethyl adjacent to an activating group) is 1. The molecule has 1 amide bonds. The van der Waals surface area contributed by atoms with Gasteiger partial charge in [-0.05, 0) is 63.3 Å². The first-order valence-corrected chi connectivity index (χ1v) is 14.9. The van der Waals surface area contributed by atoms with Gasteiger partial charge in [-0.25, -0.2) is 9.38 Å². The number of aliphatic imine (C=N–C) groups is 2. The van der Waals surface area contributed by atoms with Crippen LogP contribution in [0.1, 0.15) is 40.9 Å². The summed E-state index contributed by atoms with van der Waals surface area (Å²) in [5.74, 6) is -1.46. The summed E-state index contributed by atoms with van der Waals surface area (Å²) >= 11 is 0. The van der Waals surface area contributed by atoms with Crippen molar-refractivity contribution in [2.24, 2.45) is 9.98 Å². The van der Waals surface area contributed by atoms with Gasteiger partial charge in [0.15, 0.2) is 29.8 Å². The molecule has 0 radical (unpaired) electrons. The molecule has 2 aromatic carbocycles. The summed E-state index contributed by atoms with van der Waals surface area (Å²) in [5.41, 5.74) is 2.51. The molecule has 2 aromatic rings. The van der Waals surface area contributed by atoms with E-state index >= 15 is 4.39 Å². The summed E-state index contributed by atoms with van der Waals surface area (Å²) in [7, 11) is 4.15. The number of carbonyl (C=O) groups is 1. The maximum Gasteiger partial charge on any atom is 0.254 e. The minimum Gasteiger partial charge on any atom is -0.476 e. The van der Waals surface area contributed by atoms with Crippen LogP contribution in [0.5, 0.6) is 5.75 Å². The first kappa shape index (κ1) is 31.1. The molecule has 5 rings (SSSR count). The Hall–Kier alpha value is -4.34. The number of aryl methyl sites for hydroxylation is 1. The fourth-order valence-corrected chi connectivity index (χ4v) is 5.68. The number of ether oxygens (including phenoxy) is 1. The number of hydrogen-bond donors (Lipinski definition) is 1. The molecule has 1 fully saturated rings. The van der Waals surface area contributed by atoms with Gasteiger partial charge >= 0.3 is 0 Å².